The van der Waals surface area contributed by atoms with E-state index in [4.69, 9.17) is 4.74 Å². The number of benzene rings is 2. The third-order valence-electron chi connectivity index (χ3n) is 3.56. The van der Waals surface area contributed by atoms with Crippen molar-refractivity contribution in [2.75, 3.05) is 20.3 Å². The highest BCUT2D eigenvalue weighted by Crippen LogP contribution is 2.27. The molecule has 2 N–H and O–H groups in total. The van der Waals surface area contributed by atoms with Crippen LogP contribution in [-0.4, -0.2) is 35.4 Å². The highest BCUT2D eigenvalue weighted by Gasteiger charge is 2.09. The summed E-state index contributed by atoms with van der Waals surface area (Å²) in [5, 5.41) is 18.9. The van der Waals surface area contributed by atoms with Crippen LogP contribution in [0.4, 0.5) is 0 Å². The van der Waals surface area contributed by atoms with Crippen LogP contribution in [0.3, 0.4) is 0 Å². The van der Waals surface area contributed by atoms with Gasteiger partial charge in [-0.3, -0.25) is 4.90 Å². The van der Waals surface area contributed by atoms with Crippen molar-refractivity contribution < 1.29 is 14.9 Å². The molecular formula is C18H23NO3. The molecule has 0 saturated heterocycles. The summed E-state index contributed by atoms with van der Waals surface area (Å²) in [6, 6.07) is 13.7. The number of nitrogens with zero attached hydrogens (tertiary/aromatic N) is 1. The standard InChI is InChI=1S/C18H23NO3/c1-14-4-3-5-15(10-14)12-19(8-9-20)13-16-6-7-17(21)18(11-16)22-2/h3-7,10-11,20-21H,8-9,12-13H2,1-2H3. The summed E-state index contributed by atoms with van der Waals surface area (Å²) in [6.07, 6.45) is 0. The van der Waals surface area contributed by atoms with Gasteiger partial charge in [-0.2, -0.15) is 0 Å². The maximum atomic E-state index is 9.66. The van der Waals surface area contributed by atoms with Gasteiger partial charge in [0.15, 0.2) is 11.5 Å². The number of hydrogen-bond acceptors (Lipinski definition) is 4. The Kier molecular flexibility index (Phi) is 5.81. The summed E-state index contributed by atoms with van der Waals surface area (Å²) in [4.78, 5) is 2.17. The summed E-state index contributed by atoms with van der Waals surface area (Å²) >= 11 is 0. The van der Waals surface area contributed by atoms with Crippen molar-refractivity contribution in [2.45, 2.75) is 20.0 Å². The average molecular weight is 301 g/mol. The van der Waals surface area contributed by atoms with Gasteiger partial charge in [-0.1, -0.05) is 35.9 Å². The number of aliphatic hydroxyl groups excluding tert-OH is 1. The Hall–Kier alpha value is -2.04. The number of phenols is 1. The van der Waals surface area contributed by atoms with Gasteiger partial charge in [0.1, 0.15) is 0 Å². The van der Waals surface area contributed by atoms with Crippen molar-refractivity contribution in [3.63, 3.8) is 0 Å². The molecule has 0 fully saturated rings. The molecule has 0 radical (unpaired) electrons. The molecule has 0 aliphatic rings. The van der Waals surface area contributed by atoms with Crippen LogP contribution in [0, 0.1) is 6.92 Å². The minimum Gasteiger partial charge on any atom is -0.504 e. The van der Waals surface area contributed by atoms with Gasteiger partial charge in [0, 0.05) is 19.6 Å². The molecule has 0 amide bonds. The Labute approximate surface area is 131 Å². The van der Waals surface area contributed by atoms with Gasteiger partial charge in [-0.25, -0.2) is 0 Å². The Morgan fingerprint density at radius 2 is 1.77 bits per heavy atom. The number of methoxy groups -OCH3 is 1. The maximum Gasteiger partial charge on any atom is 0.160 e. The molecule has 0 unspecified atom stereocenters. The normalized spacial score (nSPS) is 10.9. The summed E-state index contributed by atoms with van der Waals surface area (Å²) in [5.41, 5.74) is 3.49. The van der Waals surface area contributed by atoms with Crippen molar-refractivity contribution in [3.8, 4) is 11.5 Å². The Bertz CT molecular complexity index is 613. The van der Waals surface area contributed by atoms with Crippen LogP contribution in [0.25, 0.3) is 0 Å². The van der Waals surface area contributed by atoms with Gasteiger partial charge in [0.25, 0.3) is 0 Å². The molecule has 4 heteroatoms. The van der Waals surface area contributed by atoms with E-state index in [0.29, 0.717) is 18.8 Å². The Morgan fingerprint density at radius 3 is 2.41 bits per heavy atom. The molecule has 0 saturated carbocycles. The Morgan fingerprint density at radius 1 is 1.05 bits per heavy atom. The number of hydrogen-bond donors (Lipinski definition) is 2. The smallest absolute Gasteiger partial charge is 0.160 e. The predicted molar refractivity (Wildman–Crippen MR) is 87.0 cm³/mol. The van der Waals surface area contributed by atoms with Crippen LogP contribution >= 0.6 is 0 Å². The van der Waals surface area contributed by atoms with E-state index in [1.165, 1.54) is 18.2 Å². The van der Waals surface area contributed by atoms with E-state index in [9.17, 15) is 10.2 Å². The number of aryl methyl sites for hydroxylation is 1. The first-order valence-electron chi connectivity index (χ1n) is 7.37. The van der Waals surface area contributed by atoms with E-state index in [0.717, 1.165) is 12.1 Å². The fraction of sp³-hybridized carbons (Fsp3) is 0.333. The van der Waals surface area contributed by atoms with Crippen LogP contribution in [0.15, 0.2) is 42.5 Å². The third-order valence-corrected chi connectivity index (χ3v) is 3.56. The fourth-order valence-corrected chi connectivity index (χ4v) is 2.50. The van der Waals surface area contributed by atoms with Gasteiger partial charge >= 0.3 is 0 Å². The monoisotopic (exact) mass is 301 g/mol. The molecule has 22 heavy (non-hydrogen) atoms. The second-order valence-corrected chi connectivity index (χ2v) is 5.43. The lowest BCUT2D eigenvalue weighted by Crippen LogP contribution is -2.26. The Balaban J connectivity index is 2.11. The first-order valence-corrected chi connectivity index (χ1v) is 7.37. The van der Waals surface area contributed by atoms with Crippen LogP contribution < -0.4 is 4.74 Å². The lowest BCUT2D eigenvalue weighted by molar-refractivity contribution is 0.184. The van der Waals surface area contributed by atoms with Crippen molar-refractivity contribution in [1.29, 1.82) is 0 Å². The van der Waals surface area contributed by atoms with Gasteiger partial charge in [-0.15, -0.1) is 0 Å². The van der Waals surface area contributed by atoms with Gasteiger partial charge in [0.2, 0.25) is 0 Å². The highest BCUT2D eigenvalue weighted by atomic mass is 16.5. The molecule has 2 rings (SSSR count). The number of aromatic hydroxyl groups is 1. The number of aliphatic hydroxyl groups is 1. The number of rotatable bonds is 7. The van der Waals surface area contributed by atoms with E-state index in [-0.39, 0.29) is 12.4 Å². The van der Waals surface area contributed by atoms with E-state index >= 15 is 0 Å². The minimum absolute atomic E-state index is 0.112. The van der Waals surface area contributed by atoms with Crippen LogP contribution in [0.2, 0.25) is 0 Å². The van der Waals surface area contributed by atoms with Gasteiger partial charge in [-0.05, 0) is 30.2 Å². The molecule has 0 bridgehead atoms. The summed E-state index contributed by atoms with van der Waals surface area (Å²) in [7, 11) is 1.54. The van der Waals surface area contributed by atoms with Crippen molar-refractivity contribution in [2.24, 2.45) is 0 Å². The van der Waals surface area contributed by atoms with E-state index in [2.05, 4.69) is 30.0 Å². The zero-order valence-corrected chi connectivity index (χ0v) is 13.1. The van der Waals surface area contributed by atoms with Crippen LogP contribution in [0.5, 0.6) is 11.5 Å². The van der Waals surface area contributed by atoms with E-state index in [1.807, 2.05) is 18.2 Å². The number of phenolic OH excluding ortho intramolecular Hbond substituents is 1. The molecule has 0 atom stereocenters. The number of ether oxygens (including phenoxy) is 1. The quantitative estimate of drug-likeness (QED) is 0.825. The largest absolute Gasteiger partial charge is 0.504 e. The van der Waals surface area contributed by atoms with E-state index < -0.39 is 0 Å². The molecule has 0 aromatic heterocycles. The second-order valence-electron chi connectivity index (χ2n) is 5.43. The van der Waals surface area contributed by atoms with Crippen molar-refractivity contribution in [3.05, 3.63) is 59.2 Å². The molecule has 0 spiro atoms. The first-order chi connectivity index (χ1) is 10.6. The highest BCUT2D eigenvalue weighted by molar-refractivity contribution is 5.41. The summed E-state index contributed by atoms with van der Waals surface area (Å²) in [5.74, 6) is 0.607. The first kappa shape index (κ1) is 16.3. The van der Waals surface area contributed by atoms with Crippen LogP contribution in [-0.2, 0) is 13.1 Å². The molecule has 0 heterocycles. The molecule has 4 nitrogen and oxygen atoms in total. The lowest BCUT2D eigenvalue weighted by Gasteiger charge is -2.22. The average Bonchev–Trinajstić information content (AvgIpc) is 2.49. The molecule has 118 valence electrons. The topological polar surface area (TPSA) is 52.9 Å². The van der Waals surface area contributed by atoms with E-state index in [1.54, 1.807) is 6.07 Å². The van der Waals surface area contributed by atoms with Crippen LogP contribution in [0.1, 0.15) is 16.7 Å². The molecule has 0 aliphatic heterocycles. The maximum absolute atomic E-state index is 9.66. The zero-order valence-electron chi connectivity index (χ0n) is 13.1. The minimum atomic E-state index is 0.112. The summed E-state index contributed by atoms with van der Waals surface area (Å²) < 4.78 is 5.14. The molecule has 2 aromatic carbocycles. The fourth-order valence-electron chi connectivity index (χ4n) is 2.50. The predicted octanol–water partition coefficient (Wildman–Crippen LogP) is 2.70. The van der Waals surface area contributed by atoms with Gasteiger partial charge in [0.05, 0.1) is 13.7 Å². The molecule has 2 aromatic rings. The molecular weight excluding hydrogens is 278 g/mol. The summed E-state index contributed by atoms with van der Waals surface area (Å²) in [6.45, 7) is 4.24. The zero-order chi connectivity index (χ0) is 15.9. The second kappa shape index (κ2) is 7.82. The van der Waals surface area contributed by atoms with Crippen molar-refractivity contribution in [1.82, 2.24) is 4.90 Å². The van der Waals surface area contributed by atoms with Crippen molar-refractivity contribution >= 4 is 0 Å². The SMILES string of the molecule is COc1cc(CN(CCO)Cc2cccc(C)c2)ccc1O. The van der Waals surface area contributed by atoms with Gasteiger partial charge < -0.3 is 14.9 Å². The molecule has 0 aliphatic carbocycles. The third kappa shape index (κ3) is 4.48. The lowest BCUT2D eigenvalue weighted by atomic mass is 10.1.